The largest absolute Gasteiger partial charge is 0.333 e. The van der Waals surface area contributed by atoms with Crippen LogP contribution in [0.25, 0.3) is 0 Å². The molecule has 1 fully saturated rings. The molecule has 0 aliphatic carbocycles. The third-order valence-electron chi connectivity index (χ3n) is 4.76. The van der Waals surface area contributed by atoms with Crippen molar-refractivity contribution in [1.29, 1.82) is 0 Å². The minimum absolute atomic E-state index is 0.00486. The van der Waals surface area contributed by atoms with Crippen LogP contribution in [0.15, 0.2) is 35.1 Å². The van der Waals surface area contributed by atoms with Gasteiger partial charge >= 0.3 is 0 Å². The Labute approximate surface area is 147 Å². The lowest BCUT2D eigenvalue weighted by Crippen LogP contribution is -2.50. The molecule has 1 N–H and O–H groups in total. The predicted molar refractivity (Wildman–Crippen MR) is 96.4 cm³/mol. The number of nitrogens with zero attached hydrogens (tertiary/aromatic N) is 3. The van der Waals surface area contributed by atoms with E-state index in [9.17, 15) is 9.59 Å². The molecule has 1 unspecified atom stereocenters. The van der Waals surface area contributed by atoms with Crippen LogP contribution < -0.4 is 5.56 Å². The van der Waals surface area contributed by atoms with Crippen LogP contribution in [0.1, 0.15) is 28.7 Å². The number of benzene rings is 1. The fourth-order valence-corrected chi connectivity index (χ4v) is 3.39. The number of H-pyrrole nitrogens is 1. The number of carbonyl (C=O) groups is 1. The van der Waals surface area contributed by atoms with Crippen molar-refractivity contribution in [3.63, 3.8) is 0 Å². The Balaban J connectivity index is 1.86. The molecule has 1 aliphatic rings. The molecule has 132 valence electrons. The van der Waals surface area contributed by atoms with E-state index in [1.807, 2.05) is 23.1 Å². The number of carbonyl (C=O) groups excluding carboxylic acids is 1. The van der Waals surface area contributed by atoms with E-state index >= 15 is 0 Å². The average Bonchev–Trinajstić information content (AvgIpc) is 2.58. The number of hydrogen-bond donors (Lipinski definition) is 1. The number of nitrogens with one attached hydrogen (secondary N) is 1. The number of aromatic nitrogens is 2. The SMILES string of the molecule is Cc1nc(C)c(CC(=O)N2CCN(C)CC2c2ccccc2)c(=O)[nH]1. The summed E-state index contributed by atoms with van der Waals surface area (Å²) in [5, 5.41) is 0. The third-order valence-corrected chi connectivity index (χ3v) is 4.76. The predicted octanol–water partition coefficient (Wildman–Crippen LogP) is 1.44. The van der Waals surface area contributed by atoms with Crippen LogP contribution in [0, 0.1) is 13.8 Å². The van der Waals surface area contributed by atoms with Crippen LogP contribution in [0.3, 0.4) is 0 Å². The van der Waals surface area contributed by atoms with Gasteiger partial charge in [0.2, 0.25) is 5.91 Å². The Hall–Kier alpha value is -2.47. The van der Waals surface area contributed by atoms with Crippen molar-refractivity contribution in [3.05, 3.63) is 63.3 Å². The van der Waals surface area contributed by atoms with E-state index in [2.05, 4.69) is 34.0 Å². The zero-order valence-electron chi connectivity index (χ0n) is 15.0. The first-order chi connectivity index (χ1) is 12.0. The maximum Gasteiger partial charge on any atom is 0.254 e. The van der Waals surface area contributed by atoms with Crippen LogP contribution in [0.4, 0.5) is 0 Å². The summed E-state index contributed by atoms with van der Waals surface area (Å²) in [4.78, 5) is 36.3. The number of aromatic amines is 1. The molecule has 0 spiro atoms. The number of rotatable bonds is 3. The Morgan fingerprint density at radius 1 is 1.24 bits per heavy atom. The minimum atomic E-state index is -0.219. The zero-order valence-corrected chi connectivity index (χ0v) is 15.0. The minimum Gasteiger partial charge on any atom is -0.333 e. The van der Waals surface area contributed by atoms with Crippen molar-refractivity contribution >= 4 is 5.91 Å². The van der Waals surface area contributed by atoms with Gasteiger partial charge < -0.3 is 14.8 Å². The fourth-order valence-electron chi connectivity index (χ4n) is 3.39. The molecule has 1 aromatic heterocycles. The van der Waals surface area contributed by atoms with Gasteiger partial charge in [-0.2, -0.15) is 0 Å². The lowest BCUT2D eigenvalue weighted by atomic mass is 10.0. The molecule has 6 nitrogen and oxygen atoms in total. The van der Waals surface area contributed by atoms with Crippen LogP contribution in [-0.2, 0) is 11.2 Å². The van der Waals surface area contributed by atoms with E-state index in [-0.39, 0.29) is 23.9 Å². The number of aryl methyl sites for hydroxylation is 2. The van der Waals surface area contributed by atoms with E-state index in [0.29, 0.717) is 23.6 Å². The summed E-state index contributed by atoms with van der Waals surface area (Å²) in [6.45, 7) is 5.80. The van der Waals surface area contributed by atoms with Gasteiger partial charge in [-0.25, -0.2) is 4.98 Å². The molecule has 1 saturated heterocycles. The summed E-state index contributed by atoms with van der Waals surface area (Å²) in [5.74, 6) is 0.543. The summed E-state index contributed by atoms with van der Waals surface area (Å²) in [6.07, 6.45) is 0.0848. The van der Waals surface area contributed by atoms with Gasteiger partial charge in [0.05, 0.1) is 12.5 Å². The molecule has 0 saturated carbocycles. The zero-order chi connectivity index (χ0) is 18.0. The molecule has 1 aromatic carbocycles. The fraction of sp³-hybridized carbons (Fsp3) is 0.421. The van der Waals surface area contributed by atoms with Crippen LogP contribution in [-0.4, -0.2) is 52.4 Å². The Kier molecular flexibility index (Phi) is 4.99. The highest BCUT2D eigenvalue weighted by Gasteiger charge is 2.30. The molecule has 0 radical (unpaired) electrons. The van der Waals surface area contributed by atoms with E-state index < -0.39 is 0 Å². The van der Waals surface area contributed by atoms with E-state index in [0.717, 1.165) is 18.7 Å². The van der Waals surface area contributed by atoms with Crippen LogP contribution in [0.5, 0.6) is 0 Å². The molecular formula is C19H24N4O2. The van der Waals surface area contributed by atoms with Gasteiger partial charge in [0, 0.05) is 30.9 Å². The lowest BCUT2D eigenvalue weighted by Gasteiger charge is -2.40. The van der Waals surface area contributed by atoms with E-state index in [4.69, 9.17) is 0 Å². The Morgan fingerprint density at radius 3 is 2.64 bits per heavy atom. The van der Waals surface area contributed by atoms with Crippen molar-refractivity contribution in [3.8, 4) is 0 Å². The lowest BCUT2D eigenvalue weighted by molar-refractivity contribution is -0.135. The summed E-state index contributed by atoms with van der Waals surface area (Å²) in [7, 11) is 2.07. The Bertz CT molecular complexity index is 816. The standard InChI is InChI=1S/C19H24N4O2/c1-13-16(19(25)21-14(2)20-13)11-18(24)23-10-9-22(3)12-17(23)15-7-5-4-6-8-15/h4-8,17H,9-12H2,1-3H3,(H,20,21,25). The molecule has 2 aromatic rings. The summed E-state index contributed by atoms with van der Waals surface area (Å²) >= 11 is 0. The molecule has 0 bridgehead atoms. The molecular weight excluding hydrogens is 316 g/mol. The molecule has 25 heavy (non-hydrogen) atoms. The quantitative estimate of drug-likeness (QED) is 0.918. The van der Waals surface area contributed by atoms with Crippen LogP contribution in [0.2, 0.25) is 0 Å². The van der Waals surface area contributed by atoms with Gasteiger partial charge in [0.25, 0.3) is 5.56 Å². The summed E-state index contributed by atoms with van der Waals surface area (Å²) < 4.78 is 0. The molecule has 2 heterocycles. The Morgan fingerprint density at radius 2 is 1.96 bits per heavy atom. The average molecular weight is 340 g/mol. The smallest absolute Gasteiger partial charge is 0.254 e. The van der Waals surface area contributed by atoms with Crippen molar-refractivity contribution in [2.24, 2.45) is 0 Å². The number of likely N-dealkylation sites (N-methyl/N-ethyl adjacent to an activating group) is 1. The van der Waals surface area contributed by atoms with Crippen molar-refractivity contribution in [1.82, 2.24) is 19.8 Å². The summed E-state index contributed by atoms with van der Waals surface area (Å²) in [5.41, 5.74) is 1.99. The first-order valence-electron chi connectivity index (χ1n) is 8.55. The topological polar surface area (TPSA) is 69.3 Å². The van der Waals surface area contributed by atoms with Crippen molar-refractivity contribution < 1.29 is 4.79 Å². The maximum atomic E-state index is 13.0. The number of amides is 1. The van der Waals surface area contributed by atoms with Crippen molar-refractivity contribution in [2.75, 3.05) is 26.7 Å². The van der Waals surface area contributed by atoms with Gasteiger partial charge in [-0.15, -0.1) is 0 Å². The second-order valence-corrected chi connectivity index (χ2v) is 6.67. The second-order valence-electron chi connectivity index (χ2n) is 6.67. The van der Waals surface area contributed by atoms with Gasteiger partial charge in [-0.3, -0.25) is 9.59 Å². The summed E-state index contributed by atoms with van der Waals surface area (Å²) in [6, 6.07) is 10.1. The van der Waals surface area contributed by atoms with Crippen LogP contribution >= 0.6 is 0 Å². The van der Waals surface area contributed by atoms with E-state index in [1.54, 1.807) is 13.8 Å². The van der Waals surface area contributed by atoms with Crippen molar-refractivity contribution in [2.45, 2.75) is 26.3 Å². The molecule has 6 heteroatoms. The normalized spacial score (nSPS) is 18.4. The monoisotopic (exact) mass is 340 g/mol. The third kappa shape index (κ3) is 3.79. The first-order valence-corrected chi connectivity index (χ1v) is 8.55. The van der Waals surface area contributed by atoms with Gasteiger partial charge in [0.15, 0.2) is 0 Å². The maximum absolute atomic E-state index is 13.0. The van der Waals surface area contributed by atoms with Gasteiger partial charge in [0.1, 0.15) is 5.82 Å². The van der Waals surface area contributed by atoms with Gasteiger partial charge in [-0.05, 0) is 26.5 Å². The molecule has 1 aliphatic heterocycles. The van der Waals surface area contributed by atoms with E-state index in [1.165, 1.54) is 0 Å². The number of hydrogen-bond acceptors (Lipinski definition) is 4. The molecule has 1 atom stereocenters. The highest BCUT2D eigenvalue weighted by atomic mass is 16.2. The molecule has 3 rings (SSSR count). The highest BCUT2D eigenvalue weighted by Crippen LogP contribution is 2.25. The molecule has 1 amide bonds. The first kappa shape index (κ1) is 17.4. The highest BCUT2D eigenvalue weighted by molar-refractivity contribution is 5.79. The number of piperazine rings is 1. The van der Waals surface area contributed by atoms with Gasteiger partial charge in [-0.1, -0.05) is 30.3 Å². The second kappa shape index (κ2) is 7.19.